The van der Waals surface area contributed by atoms with Crippen molar-refractivity contribution in [2.75, 3.05) is 0 Å². The summed E-state index contributed by atoms with van der Waals surface area (Å²) in [5, 5.41) is 4.60. The SMILES string of the molecule is Cc1cnc2c3c(C)cc(C(F)(F)F)nc3nn2c1. The maximum absolute atomic E-state index is 12.7. The summed E-state index contributed by atoms with van der Waals surface area (Å²) in [4.78, 5) is 7.78. The van der Waals surface area contributed by atoms with Crippen LogP contribution in [0.15, 0.2) is 18.5 Å². The maximum atomic E-state index is 12.7. The van der Waals surface area contributed by atoms with E-state index in [-0.39, 0.29) is 5.65 Å². The second-order valence-corrected chi connectivity index (χ2v) is 4.42. The van der Waals surface area contributed by atoms with Gasteiger partial charge in [-0.05, 0) is 31.0 Å². The van der Waals surface area contributed by atoms with Crippen LogP contribution in [-0.2, 0) is 6.18 Å². The maximum Gasteiger partial charge on any atom is 0.433 e. The highest BCUT2D eigenvalue weighted by molar-refractivity contribution is 5.92. The molecule has 0 radical (unpaired) electrons. The first kappa shape index (κ1) is 11.9. The molecule has 0 bridgehead atoms. The van der Waals surface area contributed by atoms with Crippen LogP contribution in [-0.4, -0.2) is 19.6 Å². The van der Waals surface area contributed by atoms with Crippen LogP contribution in [0.3, 0.4) is 0 Å². The monoisotopic (exact) mass is 266 g/mol. The summed E-state index contributed by atoms with van der Waals surface area (Å²) in [6, 6.07) is 1.02. The van der Waals surface area contributed by atoms with Crippen LogP contribution >= 0.6 is 0 Å². The van der Waals surface area contributed by atoms with E-state index in [1.165, 1.54) is 4.52 Å². The molecule has 0 atom stereocenters. The van der Waals surface area contributed by atoms with Gasteiger partial charge >= 0.3 is 6.18 Å². The quantitative estimate of drug-likeness (QED) is 0.628. The third kappa shape index (κ3) is 1.81. The zero-order valence-electron chi connectivity index (χ0n) is 10.2. The highest BCUT2D eigenvalue weighted by atomic mass is 19.4. The van der Waals surface area contributed by atoms with Gasteiger partial charge in [-0.15, -0.1) is 5.10 Å². The van der Waals surface area contributed by atoms with Crippen LogP contribution < -0.4 is 0 Å². The Labute approximate surface area is 105 Å². The van der Waals surface area contributed by atoms with E-state index in [0.717, 1.165) is 11.6 Å². The fraction of sp³-hybridized carbons (Fsp3) is 0.250. The molecule has 98 valence electrons. The molecule has 0 saturated heterocycles. The summed E-state index contributed by atoms with van der Waals surface area (Å²) < 4.78 is 39.6. The highest BCUT2D eigenvalue weighted by Gasteiger charge is 2.33. The molecule has 0 N–H and O–H groups in total. The van der Waals surface area contributed by atoms with Crippen molar-refractivity contribution in [3.05, 3.63) is 35.3 Å². The summed E-state index contributed by atoms with van der Waals surface area (Å²) in [7, 11) is 0. The normalized spacial score (nSPS) is 12.5. The summed E-state index contributed by atoms with van der Waals surface area (Å²) in [5.74, 6) is 0. The van der Waals surface area contributed by atoms with Crippen LogP contribution in [0.1, 0.15) is 16.8 Å². The van der Waals surface area contributed by atoms with Crippen molar-refractivity contribution in [1.29, 1.82) is 0 Å². The Hall–Kier alpha value is -2.18. The topological polar surface area (TPSA) is 43.1 Å². The Morgan fingerprint density at radius 2 is 1.95 bits per heavy atom. The van der Waals surface area contributed by atoms with Crippen LogP contribution in [0, 0.1) is 13.8 Å². The first-order valence-corrected chi connectivity index (χ1v) is 5.56. The average Bonchev–Trinajstić information content (AvgIpc) is 2.65. The van der Waals surface area contributed by atoms with E-state index in [2.05, 4.69) is 15.1 Å². The minimum absolute atomic E-state index is 0.0606. The lowest BCUT2D eigenvalue weighted by molar-refractivity contribution is -0.141. The third-order valence-corrected chi connectivity index (χ3v) is 2.85. The third-order valence-electron chi connectivity index (χ3n) is 2.85. The van der Waals surface area contributed by atoms with Crippen LogP contribution in [0.5, 0.6) is 0 Å². The number of halogens is 3. The lowest BCUT2D eigenvalue weighted by Gasteiger charge is -2.06. The number of pyridine rings is 1. The molecule has 3 aromatic heterocycles. The molecular weight excluding hydrogens is 257 g/mol. The van der Waals surface area contributed by atoms with Gasteiger partial charge in [0.25, 0.3) is 0 Å². The molecule has 0 spiro atoms. The lowest BCUT2D eigenvalue weighted by Crippen LogP contribution is -2.08. The molecular formula is C12H9F3N4. The van der Waals surface area contributed by atoms with Crippen LogP contribution in [0.25, 0.3) is 16.7 Å². The van der Waals surface area contributed by atoms with Gasteiger partial charge in [0.1, 0.15) is 5.69 Å². The van der Waals surface area contributed by atoms with Gasteiger partial charge in [0.2, 0.25) is 0 Å². The molecule has 0 unspecified atom stereocenters. The van der Waals surface area contributed by atoms with Crippen molar-refractivity contribution in [3.63, 3.8) is 0 Å². The molecule has 4 nitrogen and oxygen atoms in total. The van der Waals surface area contributed by atoms with Gasteiger partial charge in [-0.3, -0.25) is 0 Å². The van der Waals surface area contributed by atoms with Gasteiger partial charge < -0.3 is 0 Å². The molecule has 0 fully saturated rings. The van der Waals surface area contributed by atoms with Crippen molar-refractivity contribution in [2.45, 2.75) is 20.0 Å². The average molecular weight is 266 g/mol. The highest BCUT2D eigenvalue weighted by Crippen LogP contribution is 2.31. The van der Waals surface area contributed by atoms with E-state index < -0.39 is 11.9 Å². The van der Waals surface area contributed by atoms with Gasteiger partial charge in [0.15, 0.2) is 11.3 Å². The number of aromatic nitrogens is 4. The Balaban J connectivity index is 2.41. The number of aryl methyl sites for hydroxylation is 2. The summed E-state index contributed by atoms with van der Waals surface area (Å²) in [6.45, 7) is 3.43. The number of hydrogen-bond acceptors (Lipinski definition) is 3. The number of rotatable bonds is 0. The molecule has 3 heterocycles. The zero-order chi connectivity index (χ0) is 13.8. The molecule has 3 rings (SSSR count). The molecule has 0 aromatic carbocycles. The van der Waals surface area contributed by atoms with Crippen molar-refractivity contribution in [2.24, 2.45) is 0 Å². The fourth-order valence-electron chi connectivity index (χ4n) is 2.02. The van der Waals surface area contributed by atoms with Crippen molar-refractivity contribution in [1.82, 2.24) is 19.6 Å². The number of alkyl halides is 3. The Morgan fingerprint density at radius 3 is 2.63 bits per heavy atom. The first-order chi connectivity index (χ1) is 8.86. The Kier molecular flexibility index (Phi) is 2.29. The molecule has 0 aliphatic carbocycles. The van der Waals surface area contributed by atoms with Crippen molar-refractivity contribution in [3.8, 4) is 0 Å². The summed E-state index contributed by atoms with van der Waals surface area (Å²) >= 11 is 0. The van der Waals surface area contributed by atoms with E-state index in [9.17, 15) is 13.2 Å². The predicted octanol–water partition coefficient (Wildman–Crippen LogP) is 2.91. The molecule has 0 aliphatic heterocycles. The van der Waals surface area contributed by atoms with Crippen LogP contribution in [0.2, 0.25) is 0 Å². The number of fused-ring (bicyclic) bond motifs is 3. The molecule has 0 aliphatic rings. The van der Waals surface area contributed by atoms with Crippen LogP contribution in [0.4, 0.5) is 13.2 Å². The van der Waals surface area contributed by atoms with E-state index in [0.29, 0.717) is 16.6 Å². The van der Waals surface area contributed by atoms with Gasteiger partial charge in [-0.2, -0.15) is 13.2 Å². The van der Waals surface area contributed by atoms with E-state index in [1.807, 2.05) is 6.92 Å². The van der Waals surface area contributed by atoms with E-state index in [1.54, 1.807) is 19.3 Å². The molecule has 19 heavy (non-hydrogen) atoms. The summed E-state index contributed by atoms with van der Waals surface area (Å²) in [6.07, 6.45) is -1.12. The van der Waals surface area contributed by atoms with Gasteiger partial charge in [0, 0.05) is 12.4 Å². The minimum Gasteiger partial charge on any atom is -0.236 e. The number of hydrogen-bond donors (Lipinski definition) is 0. The van der Waals surface area contributed by atoms with Crippen molar-refractivity contribution < 1.29 is 13.2 Å². The second kappa shape index (κ2) is 3.66. The summed E-state index contributed by atoms with van der Waals surface area (Å²) in [5.41, 5.74) is 0.972. The second-order valence-electron chi connectivity index (χ2n) is 4.42. The zero-order valence-corrected chi connectivity index (χ0v) is 10.2. The number of nitrogens with zero attached hydrogens (tertiary/aromatic N) is 4. The van der Waals surface area contributed by atoms with Gasteiger partial charge in [-0.25, -0.2) is 14.5 Å². The lowest BCUT2D eigenvalue weighted by atomic mass is 10.1. The smallest absolute Gasteiger partial charge is 0.236 e. The minimum atomic E-state index is -4.47. The largest absolute Gasteiger partial charge is 0.433 e. The Bertz CT molecular complexity index is 789. The fourth-order valence-corrected chi connectivity index (χ4v) is 2.02. The molecule has 3 aromatic rings. The Morgan fingerprint density at radius 1 is 1.21 bits per heavy atom. The van der Waals surface area contributed by atoms with Crippen molar-refractivity contribution >= 4 is 16.7 Å². The van der Waals surface area contributed by atoms with E-state index >= 15 is 0 Å². The first-order valence-electron chi connectivity index (χ1n) is 5.56. The van der Waals surface area contributed by atoms with Gasteiger partial charge in [0.05, 0.1) is 5.39 Å². The predicted molar refractivity (Wildman–Crippen MR) is 62.8 cm³/mol. The molecule has 0 amide bonds. The van der Waals surface area contributed by atoms with Gasteiger partial charge in [-0.1, -0.05) is 0 Å². The van der Waals surface area contributed by atoms with E-state index in [4.69, 9.17) is 0 Å². The molecule has 7 heteroatoms. The molecule has 0 saturated carbocycles. The standard InChI is InChI=1S/C12H9F3N4/c1-6-4-16-11-9-7(2)3-8(12(13,14)15)17-10(9)18-19(11)5-6/h3-5H,1-2H3.